The van der Waals surface area contributed by atoms with E-state index in [1.165, 1.54) is 11.3 Å². The minimum absolute atomic E-state index is 0.0950. The number of nitrogens with one attached hydrogen (secondary N) is 2. The molecule has 0 saturated carbocycles. The van der Waals surface area contributed by atoms with Crippen molar-refractivity contribution < 1.29 is 4.79 Å². The van der Waals surface area contributed by atoms with E-state index in [1.54, 1.807) is 24.3 Å². The zero-order valence-electron chi connectivity index (χ0n) is 12.4. The standard InChI is InChI=1S/C15H11Cl2N3O2S2/c1-7-4-9-13(22)19-15(20-14(9)24-7)23-6-12(21)18-11-3-2-8(16)5-10(11)17/h2-5H,6H2,1H3,(H,18,21)(H,19,20,22). The number of nitrogens with zero attached hydrogens (tertiary/aromatic N) is 1. The Morgan fingerprint density at radius 2 is 2.17 bits per heavy atom. The van der Waals surface area contributed by atoms with Gasteiger partial charge in [-0.25, -0.2) is 4.98 Å². The van der Waals surface area contributed by atoms with Gasteiger partial charge in [-0.1, -0.05) is 35.0 Å². The highest BCUT2D eigenvalue weighted by Gasteiger charge is 2.11. The second-order valence-corrected chi connectivity index (χ2v) is 7.95. The number of carbonyl (C=O) groups is 1. The SMILES string of the molecule is Cc1cc2c(=O)[nH]c(SCC(=O)Nc3ccc(Cl)cc3Cl)nc2s1. The van der Waals surface area contributed by atoms with Crippen LogP contribution in [0.5, 0.6) is 0 Å². The summed E-state index contributed by atoms with van der Waals surface area (Å²) in [6.07, 6.45) is 0. The van der Waals surface area contributed by atoms with Crippen molar-refractivity contribution in [1.82, 2.24) is 9.97 Å². The molecule has 0 aliphatic heterocycles. The Morgan fingerprint density at radius 1 is 1.38 bits per heavy atom. The van der Waals surface area contributed by atoms with Crippen molar-refractivity contribution in [1.29, 1.82) is 0 Å². The lowest BCUT2D eigenvalue weighted by Gasteiger charge is -2.07. The Bertz CT molecular complexity index is 984. The van der Waals surface area contributed by atoms with Crippen molar-refractivity contribution >= 4 is 68.1 Å². The fourth-order valence-corrected chi connectivity index (χ4v) is 4.07. The Balaban J connectivity index is 1.69. The maximum atomic E-state index is 12.0. The number of anilines is 1. The van der Waals surface area contributed by atoms with Gasteiger partial charge in [0.15, 0.2) is 5.16 Å². The van der Waals surface area contributed by atoms with Crippen molar-refractivity contribution in [2.75, 3.05) is 11.1 Å². The topological polar surface area (TPSA) is 74.8 Å². The third-order valence-electron chi connectivity index (χ3n) is 3.05. The van der Waals surface area contributed by atoms with Crippen molar-refractivity contribution in [3.8, 4) is 0 Å². The maximum absolute atomic E-state index is 12.0. The van der Waals surface area contributed by atoms with Crippen LogP contribution in [0.4, 0.5) is 5.69 Å². The first-order valence-corrected chi connectivity index (χ1v) is 9.36. The van der Waals surface area contributed by atoms with Crippen molar-refractivity contribution in [3.63, 3.8) is 0 Å². The largest absolute Gasteiger partial charge is 0.324 e. The van der Waals surface area contributed by atoms with Gasteiger partial charge in [0, 0.05) is 9.90 Å². The average Bonchev–Trinajstić information content (AvgIpc) is 2.89. The minimum Gasteiger partial charge on any atom is -0.324 e. The molecule has 0 unspecified atom stereocenters. The molecule has 9 heteroatoms. The molecule has 0 spiro atoms. The lowest BCUT2D eigenvalue weighted by molar-refractivity contribution is -0.113. The first kappa shape index (κ1) is 17.3. The predicted molar refractivity (Wildman–Crippen MR) is 101 cm³/mol. The third-order valence-corrected chi connectivity index (χ3v) is 5.41. The van der Waals surface area contributed by atoms with Gasteiger partial charge in [0.05, 0.1) is 21.8 Å². The van der Waals surface area contributed by atoms with E-state index >= 15 is 0 Å². The molecule has 2 heterocycles. The number of amides is 1. The molecule has 24 heavy (non-hydrogen) atoms. The molecule has 0 radical (unpaired) electrons. The third kappa shape index (κ3) is 3.92. The maximum Gasteiger partial charge on any atom is 0.260 e. The van der Waals surface area contributed by atoms with Crippen LogP contribution in [0, 0.1) is 6.92 Å². The highest BCUT2D eigenvalue weighted by molar-refractivity contribution is 7.99. The summed E-state index contributed by atoms with van der Waals surface area (Å²) in [7, 11) is 0. The summed E-state index contributed by atoms with van der Waals surface area (Å²) < 4.78 is 0. The van der Waals surface area contributed by atoms with Crippen LogP contribution >= 0.6 is 46.3 Å². The number of halogens is 2. The number of fused-ring (bicyclic) bond motifs is 1. The number of rotatable bonds is 4. The Hall–Kier alpha value is -1.54. The van der Waals surface area contributed by atoms with Crippen molar-refractivity contribution in [2.45, 2.75) is 12.1 Å². The average molecular weight is 400 g/mol. The van der Waals surface area contributed by atoms with E-state index in [-0.39, 0.29) is 17.2 Å². The first-order chi connectivity index (χ1) is 11.4. The van der Waals surface area contributed by atoms with Crippen LogP contribution in [-0.2, 0) is 4.79 Å². The molecular formula is C15H11Cl2N3O2S2. The summed E-state index contributed by atoms with van der Waals surface area (Å²) in [5.74, 6) is -0.160. The fraction of sp³-hybridized carbons (Fsp3) is 0.133. The smallest absolute Gasteiger partial charge is 0.260 e. The molecule has 1 aromatic carbocycles. The number of aryl methyl sites for hydroxylation is 1. The first-order valence-electron chi connectivity index (χ1n) is 6.80. The van der Waals surface area contributed by atoms with Gasteiger partial charge in [0.2, 0.25) is 5.91 Å². The molecule has 0 fully saturated rings. The van der Waals surface area contributed by atoms with Crippen molar-refractivity contribution in [2.24, 2.45) is 0 Å². The lowest BCUT2D eigenvalue weighted by Crippen LogP contribution is -2.15. The molecule has 0 saturated heterocycles. The van der Waals surface area contributed by atoms with Crippen LogP contribution < -0.4 is 10.9 Å². The van der Waals surface area contributed by atoms with Gasteiger partial charge in [-0.3, -0.25) is 9.59 Å². The number of thioether (sulfide) groups is 1. The van der Waals surface area contributed by atoms with Crippen LogP contribution in [-0.4, -0.2) is 21.6 Å². The van der Waals surface area contributed by atoms with Gasteiger partial charge in [-0.05, 0) is 31.2 Å². The molecular weight excluding hydrogens is 389 g/mol. The summed E-state index contributed by atoms with van der Waals surface area (Å²) in [4.78, 5) is 32.8. The molecule has 1 amide bonds. The fourth-order valence-electron chi connectivity index (χ4n) is 2.01. The Kier molecular flexibility index (Phi) is 5.15. The van der Waals surface area contributed by atoms with Gasteiger partial charge >= 0.3 is 0 Å². The molecule has 2 N–H and O–H groups in total. The number of H-pyrrole nitrogens is 1. The number of aromatic nitrogens is 2. The number of hydrogen-bond acceptors (Lipinski definition) is 5. The van der Waals surface area contributed by atoms with E-state index in [4.69, 9.17) is 23.2 Å². The van der Waals surface area contributed by atoms with Gasteiger partial charge in [-0.15, -0.1) is 11.3 Å². The molecule has 3 aromatic rings. The van der Waals surface area contributed by atoms with Crippen LogP contribution in [0.15, 0.2) is 34.2 Å². The molecule has 0 aliphatic carbocycles. The molecule has 0 aliphatic rings. The monoisotopic (exact) mass is 399 g/mol. The molecule has 124 valence electrons. The molecule has 5 nitrogen and oxygen atoms in total. The second kappa shape index (κ2) is 7.14. The summed E-state index contributed by atoms with van der Waals surface area (Å²) in [6, 6.07) is 6.63. The molecule has 0 atom stereocenters. The minimum atomic E-state index is -0.255. The molecule has 2 aromatic heterocycles. The predicted octanol–water partition coefficient (Wildman–Crippen LogP) is 4.33. The van der Waals surface area contributed by atoms with Crippen LogP contribution in [0.3, 0.4) is 0 Å². The summed E-state index contributed by atoms with van der Waals surface area (Å²) in [5.41, 5.74) is 0.283. The Labute approximate surface area is 155 Å². The highest BCUT2D eigenvalue weighted by atomic mass is 35.5. The summed E-state index contributed by atoms with van der Waals surface area (Å²) in [5, 5.41) is 4.53. The number of thiophene rings is 1. The Morgan fingerprint density at radius 3 is 2.92 bits per heavy atom. The van der Waals surface area contributed by atoms with Gasteiger partial charge in [-0.2, -0.15) is 0 Å². The molecule has 3 rings (SSSR count). The second-order valence-electron chi connectivity index (χ2n) is 4.91. The van der Waals surface area contributed by atoms with Crippen LogP contribution in [0.25, 0.3) is 10.2 Å². The summed E-state index contributed by atoms with van der Waals surface area (Å²) in [6.45, 7) is 1.92. The van der Waals surface area contributed by atoms with Crippen molar-refractivity contribution in [3.05, 3.63) is 49.5 Å². The van der Waals surface area contributed by atoms with E-state index in [0.29, 0.717) is 31.1 Å². The summed E-state index contributed by atoms with van der Waals surface area (Å²) >= 11 is 14.4. The van der Waals surface area contributed by atoms with E-state index < -0.39 is 0 Å². The number of aromatic amines is 1. The normalized spacial score (nSPS) is 11.0. The number of hydrogen-bond donors (Lipinski definition) is 2. The van der Waals surface area contributed by atoms with E-state index in [0.717, 1.165) is 16.6 Å². The lowest BCUT2D eigenvalue weighted by atomic mass is 10.3. The zero-order chi connectivity index (χ0) is 17.3. The van der Waals surface area contributed by atoms with Gasteiger partial charge in [0.25, 0.3) is 5.56 Å². The van der Waals surface area contributed by atoms with E-state index in [2.05, 4.69) is 15.3 Å². The van der Waals surface area contributed by atoms with E-state index in [1.807, 2.05) is 6.92 Å². The zero-order valence-corrected chi connectivity index (χ0v) is 15.5. The highest BCUT2D eigenvalue weighted by Crippen LogP contribution is 2.26. The molecule has 0 bridgehead atoms. The number of benzene rings is 1. The van der Waals surface area contributed by atoms with E-state index in [9.17, 15) is 9.59 Å². The van der Waals surface area contributed by atoms with Crippen LogP contribution in [0.1, 0.15) is 4.88 Å². The van der Waals surface area contributed by atoms with Gasteiger partial charge in [0.1, 0.15) is 4.83 Å². The quantitative estimate of drug-likeness (QED) is 0.505. The van der Waals surface area contributed by atoms with Gasteiger partial charge < -0.3 is 10.3 Å². The van der Waals surface area contributed by atoms with Crippen LogP contribution in [0.2, 0.25) is 10.0 Å². The number of carbonyl (C=O) groups excluding carboxylic acids is 1.